The highest BCUT2D eigenvalue weighted by Crippen LogP contribution is 2.24. The maximum Gasteiger partial charge on any atom is 0.185 e. The minimum Gasteiger partial charge on any atom is -0.377 e. The van der Waals surface area contributed by atoms with Gasteiger partial charge in [0.1, 0.15) is 6.73 Å². The summed E-state index contributed by atoms with van der Waals surface area (Å²) < 4.78 is 1.13. The van der Waals surface area contributed by atoms with Crippen molar-refractivity contribution >= 4 is 26.7 Å². The molecule has 0 amide bonds. The Kier molecular flexibility index (Phi) is 1.93. The summed E-state index contributed by atoms with van der Waals surface area (Å²) >= 11 is 1.54. The van der Waals surface area contributed by atoms with Crippen LogP contribution in [-0.4, -0.2) is 16.8 Å². The number of aliphatic hydroxyl groups is 1. The van der Waals surface area contributed by atoms with E-state index < -0.39 is 0 Å². The van der Waals surface area contributed by atoms with Crippen LogP contribution in [0.25, 0.3) is 10.2 Å². The Balaban J connectivity index is 2.47. The lowest BCUT2D eigenvalue weighted by atomic mass is 10.3. The van der Waals surface area contributed by atoms with Gasteiger partial charge in [0.15, 0.2) is 5.13 Å². The van der Waals surface area contributed by atoms with E-state index in [1.54, 1.807) is 0 Å². The van der Waals surface area contributed by atoms with Gasteiger partial charge in [-0.3, -0.25) is 0 Å². The zero-order valence-corrected chi connectivity index (χ0v) is 7.14. The first kappa shape index (κ1) is 7.52. The molecule has 0 aliphatic heterocycles. The van der Waals surface area contributed by atoms with Gasteiger partial charge in [-0.25, -0.2) is 4.98 Å². The molecule has 0 saturated carbocycles. The van der Waals surface area contributed by atoms with E-state index in [0.29, 0.717) is 0 Å². The number of hydrogen-bond donors (Lipinski definition) is 2. The maximum atomic E-state index is 8.60. The molecule has 0 spiro atoms. The van der Waals surface area contributed by atoms with Gasteiger partial charge in [0.05, 0.1) is 10.2 Å². The lowest BCUT2D eigenvalue weighted by molar-refractivity contribution is 0.325. The highest BCUT2D eigenvalue weighted by atomic mass is 32.1. The molecule has 0 saturated heterocycles. The number of nitrogens with zero attached hydrogens (tertiary/aromatic N) is 1. The molecule has 0 fully saturated rings. The van der Waals surface area contributed by atoms with E-state index in [2.05, 4.69) is 10.3 Å². The first-order chi connectivity index (χ1) is 5.90. The Bertz CT molecular complexity index is 352. The second-order valence-electron chi connectivity index (χ2n) is 2.32. The number of aliphatic hydroxyl groups excluding tert-OH is 1. The fraction of sp³-hybridized carbons (Fsp3) is 0.125. The quantitative estimate of drug-likeness (QED) is 0.691. The van der Waals surface area contributed by atoms with Crippen LogP contribution in [0.4, 0.5) is 5.13 Å². The second-order valence-corrected chi connectivity index (χ2v) is 3.35. The molecule has 4 heteroatoms. The van der Waals surface area contributed by atoms with Crippen LogP contribution in [-0.2, 0) is 0 Å². The summed E-state index contributed by atoms with van der Waals surface area (Å²) in [4.78, 5) is 4.25. The standard InChI is InChI=1S/C8H8N2OS/c11-5-9-8-10-6-3-1-2-4-7(6)12-8/h1-4,11H,5H2,(H,9,10). The van der Waals surface area contributed by atoms with Gasteiger partial charge in [0, 0.05) is 0 Å². The second kappa shape index (κ2) is 3.08. The molecule has 1 heterocycles. The number of benzene rings is 1. The minimum absolute atomic E-state index is 0.0696. The predicted molar refractivity (Wildman–Crippen MR) is 50.3 cm³/mol. The van der Waals surface area contributed by atoms with Gasteiger partial charge >= 0.3 is 0 Å². The molecule has 62 valence electrons. The van der Waals surface area contributed by atoms with E-state index in [1.807, 2.05) is 24.3 Å². The molecular formula is C8H8N2OS. The number of anilines is 1. The summed E-state index contributed by atoms with van der Waals surface area (Å²) in [7, 11) is 0. The Labute approximate surface area is 73.7 Å². The third-order valence-corrected chi connectivity index (χ3v) is 2.52. The summed E-state index contributed by atoms with van der Waals surface area (Å²) in [5.74, 6) is 0. The number of para-hydroxylation sites is 1. The van der Waals surface area contributed by atoms with Crippen molar-refractivity contribution in [3.05, 3.63) is 24.3 Å². The third kappa shape index (κ3) is 1.26. The van der Waals surface area contributed by atoms with Crippen LogP contribution in [0, 0.1) is 0 Å². The highest BCUT2D eigenvalue weighted by Gasteiger charge is 1.99. The van der Waals surface area contributed by atoms with E-state index in [0.717, 1.165) is 15.3 Å². The number of nitrogens with one attached hydrogen (secondary N) is 1. The van der Waals surface area contributed by atoms with E-state index >= 15 is 0 Å². The molecule has 0 bridgehead atoms. The molecule has 12 heavy (non-hydrogen) atoms. The van der Waals surface area contributed by atoms with Crippen molar-refractivity contribution in [2.45, 2.75) is 0 Å². The molecule has 2 rings (SSSR count). The van der Waals surface area contributed by atoms with Crippen molar-refractivity contribution < 1.29 is 5.11 Å². The summed E-state index contributed by atoms with van der Waals surface area (Å²) in [5, 5.41) is 12.1. The van der Waals surface area contributed by atoms with Crippen molar-refractivity contribution in [2.75, 3.05) is 12.0 Å². The fourth-order valence-corrected chi connectivity index (χ4v) is 1.87. The topological polar surface area (TPSA) is 45.1 Å². The van der Waals surface area contributed by atoms with Gasteiger partial charge in [-0.2, -0.15) is 0 Å². The van der Waals surface area contributed by atoms with Gasteiger partial charge in [-0.05, 0) is 12.1 Å². The Hall–Kier alpha value is -1.13. The van der Waals surface area contributed by atoms with Gasteiger partial charge in [0.2, 0.25) is 0 Å². The summed E-state index contributed by atoms with van der Waals surface area (Å²) in [5.41, 5.74) is 0.971. The highest BCUT2D eigenvalue weighted by molar-refractivity contribution is 7.22. The molecule has 0 aliphatic carbocycles. The molecule has 2 N–H and O–H groups in total. The van der Waals surface area contributed by atoms with Crippen molar-refractivity contribution in [3.63, 3.8) is 0 Å². The Morgan fingerprint density at radius 1 is 1.42 bits per heavy atom. The molecule has 2 aromatic rings. The lowest BCUT2D eigenvalue weighted by Crippen LogP contribution is -1.97. The Morgan fingerprint density at radius 3 is 3.00 bits per heavy atom. The molecular weight excluding hydrogens is 172 g/mol. The van der Waals surface area contributed by atoms with Crippen LogP contribution in [0.15, 0.2) is 24.3 Å². The van der Waals surface area contributed by atoms with Crippen molar-refractivity contribution in [3.8, 4) is 0 Å². The molecule has 0 unspecified atom stereocenters. The van der Waals surface area contributed by atoms with Gasteiger partial charge in [0.25, 0.3) is 0 Å². The zero-order chi connectivity index (χ0) is 8.39. The maximum absolute atomic E-state index is 8.60. The minimum atomic E-state index is -0.0696. The van der Waals surface area contributed by atoms with Crippen LogP contribution in [0.1, 0.15) is 0 Å². The number of hydrogen-bond acceptors (Lipinski definition) is 4. The van der Waals surface area contributed by atoms with Crippen LogP contribution < -0.4 is 5.32 Å². The predicted octanol–water partition coefficient (Wildman–Crippen LogP) is 1.66. The van der Waals surface area contributed by atoms with Crippen LogP contribution in [0.2, 0.25) is 0 Å². The summed E-state index contributed by atoms with van der Waals surface area (Å²) in [6, 6.07) is 7.89. The molecule has 0 aliphatic rings. The number of aromatic nitrogens is 1. The van der Waals surface area contributed by atoms with Crippen LogP contribution >= 0.6 is 11.3 Å². The van der Waals surface area contributed by atoms with Crippen molar-refractivity contribution in [1.82, 2.24) is 4.98 Å². The van der Waals surface area contributed by atoms with E-state index in [1.165, 1.54) is 11.3 Å². The fourth-order valence-electron chi connectivity index (χ4n) is 1.02. The molecule has 1 aromatic heterocycles. The SMILES string of the molecule is OCNc1nc2ccccc2s1. The molecule has 1 aromatic carbocycles. The summed E-state index contributed by atoms with van der Waals surface area (Å²) in [6.45, 7) is -0.0696. The van der Waals surface area contributed by atoms with Crippen molar-refractivity contribution in [2.24, 2.45) is 0 Å². The van der Waals surface area contributed by atoms with Gasteiger partial charge in [-0.15, -0.1) is 0 Å². The van der Waals surface area contributed by atoms with E-state index in [4.69, 9.17) is 5.11 Å². The first-order valence-corrected chi connectivity index (χ1v) is 4.42. The monoisotopic (exact) mass is 180 g/mol. The van der Waals surface area contributed by atoms with Crippen LogP contribution in [0.5, 0.6) is 0 Å². The Morgan fingerprint density at radius 2 is 2.25 bits per heavy atom. The largest absolute Gasteiger partial charge is 0.377 e. The number of rotatable bonds is 2. The van der Waals surface area contributed by atoms with Crippen LogP contribution in [0.3, 0.4) is 0 Å². The average molecular weight is 180 g/mol. The zero-order valence-electron chi connectivity index (χ0n) is 6.32. The molecule has 0 radical (unpaired) electrons. The number of fused-ring (bicyclic) bond motifs is 1. The third-order valence-electron chi connectivity index (χ3n) is 1.52. The smallest absolute Gasteiger partial charge is 0.185 e. The molecule has 0 atom stereocenters. The van der Waals surface area contributed by atoms with E-state index in [-0.39, 0.29) is 6.73 Å². The normalized spacial score (nSPS) is 10.4. The first-order valence-electron chi connectivity index (χ1n) is 3.60. The average Bonchev–Trinajstić information content (AvgIpc) is 2.47. The van der Waals surface area contributed by atoms with Gasteiger partial charge in [-0.1, -0.05) is 23.5 Å². The lowest BCUT2D eigenvalue weighted by Gasteiger charge is -1.91. The summed E-state index contributed by atoms with van der Waals surface area (Å²) in [6.07, 6.45) is 0. The number of thiazole rings is 1. The van der Waals surface area contributed by atoms with Crippen molar-refractivity contribution in [1.29, 1.82) is 0 Å². The molecule has 3 nitrogen and oxygen atoms in total. The van der Waals surface area contributed by atoms with E-state index in [9.17, 15) is 0 Å². The van der Waals surface area contributed by atoms with Gasteiger partial charge < -0.3 is 10.4 Å².